The molecule has 5 aromatic carbocycles. The first-order chi connectivity index (χ1) is 20.2. The highest BCUT2D eigenvalue weighted by molar-refractivity contribution is 5.83. The maximum Gasteiger partial charge on any atom is 0.184 e. The highest BCUT2D eigenvalue weighted by atomic mass is 15.6. The number of nitrogens with zero attached hydrogens (tertiary/aromatic N) is 6. The molecule has 0 aliphatic carbocycles. The van der Waals surface area contributed by atoms with Gasteiger partial charge in [0.1, 0.15) is 5.54 Å². The molecule has 2 heterocycles. The molecule has 7 rings (SSSR count). The molecule has 41 heavy (non-hydrogen) atoms. The number of hydrogen-bond acceptors (Lipinski definition) is 5. The van der Waals surface area contributed by atoms with E-state index in [9.17, 15) is 0 Å². The molecule has 0 unspecified atom stereocenters. The predicted octanol–water partition coefficient (Wildman–Crippen LogP) is 7.10. The van der Waals surface area contributed by atoms with Gasteiger partial charge in [-0.1, -0.05) is 127 Å². The Morgan fingerprint density at radius 3 is 1.78 bits per heavy atom. The van der Waals surface area contributed by atoms with E-state index < -0.39 is 5.54 Å². The second-order valence-electron chi connectivity index (χ2n) is 10.0. The van der Waals surface area contributed by atoms with Crippen LogP contribution in [0, 0.1) is 6.92 Å². The van der Waals surface area contributed by atoms with Gasteiger partial charge < -0.3 is 0 Å². The Labute approximate surface area is 238 Å². The van der Waals surface area contributed by atoms with Crippen LogP contribution in [0.2, 0.25) is 0 Å². The summed E-state index contributed by atoms with van der Waals surface area (Å²) in [5, 5.41) is 14.6. The molecule has 0 atom stereocenters. The molecular formula is C35H26N6. The SMILES string of the molecule is Cc1ccc2nc(-c3ccccc3-c3nnnn3C(c3ccccc3)(c3ccccc3)c3ccccc3)ncc2c1. The van der Waals surface area contributed by atoms with Crippen molar-refractivity contribution in [2.24, 2.45) is 0 Å². The summed E-state index contributed by atoms with van der Waals surface area (Å²) in [6, 6.07) is 45.4. The fourth-order valence-corrected chi connectivity index (χ4v) is 5.64. The molecule has 0 aliphatic rings. The van der Waals surface area contributed by atoms with Crippen molar-refractivity contribution in [1.82, 2.24) is 30.2 Å². The van der Waals surface area contributed by atoms with Crippen LogP contribution in [-0.2, 0) is 5.54 Å². The summed E-state index contributed by atoms with van der Waals surface area (Å²) >= 11 is 0. The van der Waals surface area contributed by atoms with Gasteiger partial charge in [0, 0.05) is 22.7 Å². The Kier molecular flexibility index (Phi) is 6.13. The molecule has 0 bridgehead atoms. The maximum atomic E-state index is 4.93. The summed E-state index contributed by atoms with van der Waals surface area (Å²) in [4.78, 5) is 9.70. The third-order valence-corrected chi connectivity index (χ3v) is 7.51. The molecule has 6 nitrogen and oxygen atoms in total. The zero-order valence-corrected chi connectivity index (χ0v) is 22.5. The van der Waals surface area contributed by atoms with Gasteiger partial charge in [-0.15, -0.1) is 5.10 Å². The Hall–Kier alpha value is -5.49. The Morgan fingerprint density at radius 1 is 0.610 bits per heavy atom. The molecule has 0 amide bonds. The van der Waals surface area contributed by atoms with E-state index in [-0.39, 0.29) is 0 Å². The van der Waals surface area contributed by atoms with Gasteiger partial charge in [0.15, 0.2) is 11.6 Å². The normalized spacial score (nSPS) is 11.5. The average molecular weight is 531 g/mol. The van der Waals surface area contributed by atoms with Crippen molar-refractivity contribution in [3.05, 3.63) is 162 Å². The number of hydrogen-bond donors (Lipinski definition) is 0. The van der Waals surface area contributed by atoms with Gasteiger partial charge in [0.05, 0.1) is 5.52 Å². The van der Waals surface area contributed by atoms with E-state index in [0.29, 0.717) is 11.6 Å². The van der Waals surface area contributed by atoms with E-state index in [4.69, 9.17) is 15.2 Å². The van der Waals surface area contributed by atoms with Gasteiger partial charge in [-0.05, 0) is 46.2 Å². The van der Waals surface area contributed by atoms with Gasteiger partial charge in [-0.2, -0.15) is 0 Å². The van der Waals surface area contributed by atoms with Gasteiger partial charge in [0.2, 0.25) is 0 Å². The minimum Gasteiger partial charge on any atom is -0.236 e. The summed E-state index contributed by atoms with van der Waals surface area (Å²) in [5.41, 5.74) is 6.04. The quantitative estimate of drug-likeness (QED) is 0.215. The minimum absolute atomic E-state index is 0.616. The Bertz CT molecular complexity index is 1850. The number of benzene rings is 5. The lowest BCUT2D eigenvalue weighted by Crippen LogP contribution is -2.39. The summed E-state index contributed by atoms with van der Waals surface area (Å²) in [6.07, 6.45) is 1.88. The predicted molar refractivity (Wildman–Crippen MR) is 161 cm³/mol. The van der Waals surface area contributed by atoms with E-state index in [2.05, 4.69) is 102 Å². The van der Waals surface area contributed by atoms with Crippen molar-refractivity contribution in [3.8, 4) is 22.8 Å². The Balaban J connectivity index is 1.51. The van der Waals surface area contributed by atoms with Gasteiger partial charge >= 0.3 is 0 Å². The molecule has 0 saturated carbocycles. The average Bonchev–Trinajstić information content (AvgIpc) is 3.53. The van der Waals surface area contributed by atoms with Crippen LogP contribution in [0.25, 0.3) is 33.7 Å². The van der Waals surface area contributed by atoms with Crippen molar-refractivity contribution in [1.29, 1.82) is 0 Å². The summed E-state index contributed by atoms with van der Waals surface area (Å²) < 4.78 is 1.94. The molecule has 196 valence electrons. The van der Waals surface area contributed by atoms with Gasteiger partial charge in [-0.25, -0.2) is 14.6 Å². The highest BCUT2D eigenvalue weighted by Gasteiger charge is 2.42. The fourth-order valence-electron chi connectivity index (χ4n) is 5.64. The second kappa shape index (κ2) is 10.2. The first-order valence-electron chi connectivity index (χ1n) is 13.5. The number of fused-ring (bicyclic) bond motifs is 1. The van der Waals surface area contributed by atoms with Crippen LogP contribution >= 0.6 is 0 Å². The molecule has 0 N–H and O–H groups in total. The number of aromatic nitrogens is 6. The smallest absolute Gasteiger partial charge is 0.184 e. The second-order valence-corrected chi connectivity index (χ2v) is 10.0. The molecule has 2 aromatic heterocycles. The Morgan fingerprint density at radius 2 is 1.17 bits per heavy atom. The van der Waals surface area contributed by atoms with Crippen LogP contribution in [0.1, 0.15) is 22.3 Å². The first kappa shape index (κ1) is 24.5. The van der Waals surface area contributed by atoms with Crippen LogP contribution in [0.4, 0.5) is 0 Å². The zero-order chi connectivity index (χ0) is 27.6. The topological polar surface area (TPSA) is 69.4 Å². The van der Waals surface area contributed by atoms with Gasteiger partial charge in [0.25, 0.3) is 0 Å². The van der Waals surface area contributed by atoms with Crippen molar-refractivity contribution in [3.63, 3.8) is 0 Å². The summed E-state index contributed by atoms with van der Waals surface area (Å²) in [7, 11) is 0. The molecule has 0 spiro atoms. The van der Waals surface area contributed by atoms with Crippen molar-refractivity contribution < 1.29 is 0 Å². The van der Waals surface area contributed by atoms with E-state index in [0.717, 1.165) is 38.7 Å². The highest BCUT2D eigenvalue weighted by Crippen LogP contribution is 2.43. The molecule has 0 aliphatic heterocycles. The lowest BCUT2D eigenvalue weighted by Gasteiger charge is -2.36. The van der Waals surface area contributed by atoms with E-state index in [1.165, 1.54) is 5.56 Å². The van der Waals surface area contributed by atoms with Crippen molar-refractivity contribution in [2.75, 3.05) is 0 Å². The number of tetrazole rings is 1. The first-order valence-corrected chi connectivity index (χ1v) is 13.5. The van der Waals surface area contributed by atoms with E-state index >= 15 is 0 Å². The lowest BCUT2D eigenvalue weighted by molar-refractivity contribution is 0.451. The molecule has 0 fully saturated rings. The minimum atomic E-state index is -0.850. The van der Waals surface area contributed by atoms with Crippen molar-refractivity contribution >= 4 is 10.9 Å². The third-order valence-electron chi connectivity index (χ3n) is 7.51. The summed E-state index contributed by atoms with van der Waals surface area (Å²) in [5.74, 6) is 1.24. The van der Waals surface area contributed by atoms with Crippen LogP contribution in [0.5, 0.6) is 0 Å². The van der Waals surface area contributed by atoms with Crippen LogP contribution in [0.15, 0.2) is 140 Å². The fraction of sp³-hybridized carbons (Fsp3) is 0.0571. The number of aryl methyl sites for hydroxylation is 1. The molecule has 0 radical (unpaired) electrons. The van der Waals surface area contributed by atoms with Crippen LogP contribution < -0.4 is 0 Å². The van der Waals surface area contributed by atoms with E-state index in [1.54, 1.807) is 0 Å². The van der Waals surface area contributed by atoms with Crippen LogP contribution in [0.3, 0.4) is 0 Å². The molecule has 7 aromatic rings. The van der Waals surface area contributed by atoms with Crippen molar-refractivity contribution in [2.45, 2.75) is 12.5 Å². The largest absolute Gasteiger partial charge is 0.236 e. The number of rotatable bonds is 6. The molecular weight excluding hydrogens is 504 g/mol. The van der Waals surface area contributed by atoms with Crippen LogP contribution in [-0.4, -0.2) is 30.2 Å². The van der Waals surface area contributed by atoms with E-state index in [1.807, 2.05) is 59.4 Å². The standard InChI is InChI=1S/C35H26N6/c1-25-21-22-32-26(23-25)24-36-33(37-32)30-19-11-12-20-31(30)34-38-39-40-41(34)35(27-13-5-2-6-14-27,28-15-7-3-8-16-28)29-17-9-4-10-18-29/h2-24H,1H3. The monoisotopic (exact) mass is 530 g/mol. The third kappa shape index (κ3) is 4.17. The zero-order valence-electron chi connectivity index (χ0n) is 22.5. The summed E-state index contributed by atoms with van der Waals surface area (Å²) in [6.45, 7) is 2.07. The molecule has 0 saturated heterocycles. The lowest BCUT2D eigenvalue weighted by atomic mass is 9.77. The van der Waals surface area contributed by atoms with Gasteiger partial charge in [-0.3, -0.25) is 0 Å². The maximum absolute atomic E-state index is 4.93. The molecule has 6 heteroatoms.